The zero-order valence-corrected chi connectivity index (χ0v) is 17.7. The average molecular weight is 452 g/mol. The molecule has 33 heavy (non-hydrogen) atoms. The van der Waals surface area contributed by atoms with Crippen LogP contribution in [-0.2, 0) is 15.8 Å². The van der Waals surface area contributed by atoms with Gasteiger partial charge in [-0.25, -0.2) is 4.90 Å². The maximum atomic E-state index is 13.5. The Bertz CT molecular complexity index is 1260. The fraction of sp³-hybridized carbons (Fsp3) is 0.120. The van der Waals surface area contributed by atoms with Crippen molar-refractivity contribution in [2.45, 2.75) is 13.1 Å². The topological polar surface area (TPSA) is 58.6 Å². The first-order chi connectivity index (χ1) is 15.7. The van der Waals surface area contributed by atoms with Crippen LogP contribution in [0.2, 0.25) is 0 Å². The minimum atomic E-state index is -4.55. The van der Waals surface area contributed by atoms with E-state index in [1.165, 1.54) is 19.2 Å². The van der Waals surface area contributed by atoms with Gasteiger partial charge in [0.1, 0.15) is 11.4 Å². The van der Waals surface area contributed by atoms with Gasteiger partial charge in [-0.05, 0) is 43.3 Å². The molecule has 0 aliphatic carbocycles. The standard InChI is InChI=1S/C25H19F3N2O3/c1-15-10-12-18(13-11-15)30-23(31)21(19-8-3-4-9-20(19)33-2)22(24(30)32)29-17-7-5-6-16(14-17)25(26,27)28/h3-14,29H,1-2H3. The lowest BCUT2D eigenvalue weighted by Gasteiger charge is -2.16. The summed E-state index contributed by atoms with van der Waals surface area (Å²) in [5.74, 6) is -0.937. The summed E-state index contributed by atoms with van der Waals surface area (Å²) in [7, 11) is 1.43. The van der Waals surface area contributed by atoms with Crippen LogP contribution in [0.4, 0.5) is 24.5 Å². The second-order valence-electron chi connectivity index (χ2n) is 7.44. The number of imide groups is 1. The third-order valence-corrected chi connectivity index (χ3v) is 5.21. The van der Waals surface area contributed by atoms with Crippen molar-refractivity contribution in [1.29, 1.82) is 0 Å². The van der Waals surface area contributed by atoms with Crippen LogP contribution >= 0.6 is 0 Å². The summed E-state index contributed by atoms with van der Waals surface area (Å²) in [5, 5.41) is 2.76. The number of amides is 2. The van der Waals surface area contributed by atoms with Gasteiger partial charge in [0.15, 0.2) is 0 Å². The normalized spacial score (nSPS) is 14.2. The molecule has 0 bridgehead atoms. The maximum Gasteiger partial charge on any atom is 0.416 e. The van der Waals surface area contributed by atoms with E-state index in [9.17, 15) is 22.8 Å². The van der Waals surface area contributed by atoms with Crippen molar-refractivity contribution >= 4 is 28.8 Å². The van der Waals surface area contributed by atoms with E-state index < -0.39 is 23.6 Å². The highest BCUT2D eigenvalue weighted by Crippen LogP contribution is 2.38. The molecule has 3 aromatic rings. The van der Waals surface area contributed by atoms with Gasteiger partial charge in [0, 0.05) is 11.3 Å². The summed E-state index contributed by atoms with van der Waals surface area (Å²) in [6.45, 7) is 1.87. The van der Waals surface area contributed by atoms with E-state index >= 15 is 0 Å². The predicted octanol–water partition coefficient (Wildman–Crippen LogP) is 5.42. The Labute approximate surface area is 188 Å². The number of ether oxygens (including phenoxy) is 1. The molecule has 0 radical (unpaired) electrons. The number of anilines is 2. The van der Waals surface area contributed by atoms with Crippen LogP contribution in [0.15, 0.2) is 78.5 Å². The van der Waals surface area contributed by atoms with Gasteiger partial charge < -0.3 is 10.1 Å². The number of hydrogen-bond donors (Lipinski definition) is 1. The lowest BCUT2D eigenvalue weighted by atomic mass is 10.0. The number of hydrogen-bond acceptors (Lipinski definition) is 4. The minimum absolute atomic E-state index is 0.00966. The molecule has 8 heteroatoms. The summed E-state index contributed by atoms with van der Waals surface area (Å²) in [4.78, 5) is 27.9. The lowest BCUT2D eigenvalue weighted by Crippen LogP contribution is -2.32. The number of halogens is 3. The average Bonchev–Trinajstić information content (AvgIpc) is 3.03. The number of carbonyl (C=O) groups is 2. The van der Waals surface area contributed by atoms with Gasteiger partial charge in [-0.1, -0.05) is 42.0 Å². The molecular formula is C25H19F3N2O3. The Kier molecular flexibility index (Phi) is 5.68. The second kappa shape index (κ2) is 8.46. The first-order valence-corrected chi connectivity index (χ1v) is 9.98. The smallest absolute Gasteiger partial charge is 0.416 e. The number of methoxy groups -OCH3 is 1. The molecular weight excluding hydrogens is 433 g/mol. The van der Waals surface area contributed by atoms with Gasteiger partial charge in [-0.3, -0.25) is 9.59 Å². The third-order valence-electron chi connectivity index (χ3n) is 5.21. The molecule has 1 aliphatic heterocycles. The van der Waals surface area contributed by atoms with Crippen molar-refractivity contribution < 1.29 is 27.5 Å². The third kappa shape index (κ3) is 4.19. The molecule has 1 heterocycles. The Morgan fingerprint density at radius 1 is 0.879 bits per heavy atom. The first-order valence-electron chi connectivity index (χ1n) is 9.98. The van der Waals surface area contributed by atoms with Gasteiger partial charge in [0.25, 0.3) is 11.8 Å². The summed E-state index contributed by atoms with van der Waals surface area (Å²) < 4.78 is 44.9. The van der Waals surface area contributed by atoms with Gasteiger partial charge in [-0.2, -0.15) is 13.2 Å². The number of para-hydroxylation sites is 1. The van der Waals surface area contributed by atoms with E-state index in [0.717, 1.165) is 22.6 Å². The number of aryl methyl sites for hydroxylation is 1. The molecule has 0 aromatic heterocycles. The Balaban J connectivity index is 1.85. The van der Waals surface area contributed by atoms with E-state index in [2.05, 4.69) is 5.32 Å². The van der Waals surface area contributed by atoms with Gasteiger partial charge >= 0.3 is 6.18 Å². The summed E-state index contributed by atoms with van der Waals surface area (Å²) in [6, 6.07) is 17.9. The quantitative estimate of drug-likeness (QED) is 0.526. The van der Waals surface area contributed by atoms with Crippen LogP contribution in [0, 0.1) is 6.92 Å². The first kappa shape index (κ1) is 22.1. The molecule has 0 unspecified atom stereocenters. The largest absolute Gasteiger partial charge is 0.496 e. The van der Waals surface area contributed by atoms with E-state index in [1.54, 1.807) is 48.5 Å². The van der Waals surface area contributed by atoms with Crippen LogP contribution < -0.4 is 15.0 Å². The fourth-order valence-electron chi connectivity index (χ4n) is 3.59. The van der Waals surface area contributed by atoms with Crippen LogP contribution in [0.1, 0.15) is 16.7 Å². The predicted molar refractivity (Wildman–Crippen MR) is 119 cm³/mol. The van der Waals surface area contributed by atoms with E-state index in [-0.39, 0.29) is 17.0 Å². The molecule has 4 rings (SSSR count). The zero-order chi connectivity index (χ0) is 23.8. The van der Waals surface area contributed by atoms with Crippen LogP contribution in [0.25, 0.3) is 5.57 Å². The SMILES string of the molecule is COc1ccccc1C1=C(Nc2cccc(C(F)(F)F)c2)C(=O)N(c2ccc(C)cc2)C1=O. The molecule has 0 saturated heterocycles. The molecule has 1 aliphatic rings. The minimum Gasteiger partial charge on any atom is -0.496 e. The molecule has 168 valence electrons. The van der Waals surface area contributed by atoms with Crippen molar-refractivity contribution in [3.05, 3.63) is 95.2 Å². The van der Waals surface area contributed by atoms with E-state index in [4.69, 9.17) is 4.74 Å². The summed E-state index contributed by atoms with van der Waals surface area (Å²) in [5.41, 5.74) is 0.669. The number of carbonyl (C=O) groups excluding carboxylic acids is 2. The molecule has 0 spiro atoms. The maximum absolute atomic E-state index is 13.5. The molecule has 0 atom stereocenters. The number of nitrogens with one attached hydrogen (secondary N) is 1. The summed E-state index contributed by atoms with van der Waals surface area (Å²) in [6.07, 6.45) is -4.55. The van der Waals surface area contributed by atoms with Crippen molar-refractivity contribution in [3.63, 3.8) is 0 Å². The highest BCUT2D eigenvalue weighted by molar-refractivity contribution is 6.46. The van der Waals surface area contributed by atoms with Crippen molar-refractivity contribution in [2.24, 2.45) is 0 Å². The highest BCUT2D eigenvalue weighted by Gasteiger charge is 2.41. The second-order valence-corrected chi connectivity index (χ2v) is 7.44. The van der Waals surface area contributed by atoms with Crippen molar-refractivity contribution in [3.8, 4) is 5.75 Å². The van der Waals surface area contributed by atoms with Crippen LogP contribution in [-0.4, -0.2) is 18.9 Å². The van der Waals surface area contributed by atoms with Crippen molar-refractivity contribution in [2.75, 3.05) is 17.3 Å². The van der Waals surface area contributed by atoms with Gasteiger partial charge in [-0.15, -0.1) is 0 Å². The number of benzene rings is 3. The zero-order valence-electron chi connectivity index (χ0n) is 17.7. The van der Waals surface area contributed by atoms with Crippen LogP contribution in [0.5, 0.6) is 5.75 Å². The molecule has 0 fully saturated rings. The molecule has 1 N–H and O–H groups in total. The number of nitrogens with zero attached hydrogens (tertiary/aromatic N) is 1. The van der Waals surface area contributed by atoms with Gasteiger partial charge in [0.05, 0.1) is 23.9 Å². The van der Waals surface area contributed by atoms with Gasteiger partial charge in [0.2, 0.25) is 0 Å². The lowest BCUT2D eigenvalue weighted by molar-refractivity contribution is -0.137. The Morgan fingerprint density at radius 2 is 1.58 bits per heavy atom. The van der Waals surface area contributed by atoms with E-state index in [1.807, 2.05) is 6.92 Å². The van der Waals surface area contributed by atoms with Crippen LogP contribution in [0.3, 0.4) is 0 Å². The highest BCUT2D eigenvalue weighted by atomic mass is 19.4. The Morgan fingerprint density at radius 3 is 2.24 bits per heavy atom. The molecule has 5 nitrogen and oxygen atoms in total. The molecule has 2 amide bonds. The number of alkyl halides is 3. The summed E-state index contributed by atoms with van der Waals surface area (Å²) >= 11 is 0. The molecule has 0 saturated carbocycles. The van der Waals surface area contributed by atoms with E-state index in [0.29, 0.717) is 17.0 Å². The monoisotopic (exact) mass is 452 g/mol. The fourth-order valence-corrected chi connectivity index (χ4v) is 3.59. The molecule has 3 aromatic carbocycles. The number of rotatable bonds is 5. The van der Waals surface area contributed by atoms with Crippen molar-refractivity contribution in [1.82, 2.24) is 0 Å². The Hall–Kier alpha value is -4.07.